The quantitative estimate of drug-likeness (QED) is 0.813. The largest absolute Gasteiger partial charge is 0.416 e. The third-order valence-corrected chi connectivity index (χ3v) is 5.33. The van der Waals surface area contributed by atoms with Crippen LogP contribution in [0.4, 0.5) is 23.4 Å². The van der Waals surface area contributed by atoms with Crippen LogP contribution >= 0.6 is 0 Å². The normalized spacial score (nSPS) is 19.1. The van der Waals surface area contributed by atoms with Crippen LogP contribution in [0.15, 0.2) is 30.5 Å². The zero-order valence-electron chi connectivity index (χ0n) is 13.8. The first-order valence-corrected chi connectivity index (χ1v) is 8.53. The summed E-state index contributed by atoms with van der Waals surface area (Å²) in [4.78, 5) is 12.8. The maximum atomic E-state index is 14.3. The van der Waals surface area contributed by atoms with Crippen molar-refractivity contribution in [2.45, 2.75) is 49.7 Å². The van der Waals surface area contributed by atoms with Crippen LogP contribution in [0.5, 0.6) is 0 Å². The van der Waals surface area contributed by atoms with E-state index in [0.717, 1.165) is 31.4 Å². The molecular formula is C18H17F4N3O. The van der Waals surface area contributed by atoms with Crippen molar-refractivity contribution < 1.29 is 22.4 Å². The molecule has 26 heavy (non-hydrogen) atoms. The van der Waals surface area contributed by atoms with Gasteiger partial charge in [0.2, 0.25) is 5.91 Å². The van der Waals surface area contributed by atoms with Gasteiger partial charge in [-0.15, -0.1) is 0 Å². The SMILES string of the molecule is O=C(Nc1ccnn1C1CCC1)C1(c2ccc(C(F)(F)F)cc2F)CC1. The molecule has 2 aliphatic carbocycles. The highest BCUT2D eigenvalue weighted by Crippen LogP contribution is 2.50. The first kappa shape index (κ1) is 17.1. The second kappa shape index (κ2) is 5.82. The van der Waals surface area contributed by atoms with Crippen molar-refractivity contribution >= 4 is 11.7 Å². The van der Waals surface area contributed by atoms with E-state index in [1.807, 2.05) is 0 Å². The number of anilines is 1. The van der Waals surface area contributed by atoms with Gasteiger partial charge in [-0.25, -0.2) is 9.07 Å². The lowest BCUT2D eigenvalue weighted by atomic mass is 9.92. The van der Waals surface area contributed by atoms with Crippen molar-refractivity contribution in [2.24, 2.45) is 0 Å². The summed E-state index contributed by atoms with van der Waals surface area (Å²) in [5, 5.41) is 7.01. The Morgan fingerprint density at radius 2 is 1.96 bits per heavy atom. The fourth-order valence-electron chi connectivity index (χ4n) is 3.39. The molecule has 0 spiro atoms. The maximum Gasteiger partial charge on any atom is 0.416 e. The average Bonchev–Trinajstić information content (AvgIpc) is 3.21. The lowest BCUT2D eigenvalue weighted by molar-refractivity contribution is -0.137. The van der Waals surface area contributed by atoms with Crippen molar-refractivity contribution in [3.05, 3.63) is 47.4 Å². The molecule has 0 saturated heterocycles. The van der Waals surface area contributed by atoms with E-state index in [9.17, 15) is 22.4 Å². The first-order valence-electron chi connectivity index (χ1n) is 8.53. The molecule has 0 unspecified atom stereocenters. The number of benzene rings is 1. The Morgan fingerprint density at radius 1 is 1.23 bits per heavy atom. The number of halogens is 4. The number of hydrogen-bond acceptors (Lipinski definition) is 2. The van der Waals surface area contributed by atoms with Crippen molar-refractivity contribution in [1.82, 2.24) is 9.78 Å². The van der Waals surface area contributed by atoms with Crippen LogP contribution in [0.1, 0.15) is 49.3 Å². The molecule has 138 valence electrons. The summed E-state index contributed by atoms with van der Waals surface area (Å²) in [6.45, 7) is 0. The number of aromatic nitrogens is 2. The van der Waals surface area contributed by atoms with Gasteiger partial charge in [0.05, 0.1) is 23.2 Å². The Hall–Kier alpha value is -2.38. The van der Waals surface area contributed by atoms with Crippen LogP contribution in [0.3, 0.4) is 0 Å². The van der Waals surface area contributed by atoms with Gasteiger partial charge in [0.1, 0.15) is 11.6 Å². The monoisotopic (exact) mass is 367 g/mol. The third kappa shape index (κ3) is 2.77. The lowest BCUT2D eigenvalue weighted by Gasteiger charge is -2.28. The Bertz CT molecular complexity index is 850. The summed E-state index contributed by atoms with van der Waals surface area (Å²) >= 11 is 0. The predicted molar refractivity (Wildman–Crippen MR) is 86.1 cm³/mol. The summed E-state index contributed by atoms with van der Waals surface area (Å²) in [5.41, 5.74) is -2.15. The van der Waals surface area contributed by atoms with E-state index in [2.05, 4.69) is 10.4 Å². The van der Waals surface area contributed by atoms with Crippen LogP contribution in [0, 0.1) is 5.82 Å². The van der Waals surface area contributed by atoms with Gasteiger partial charge < -0.3 is 5.32 Å². The second-order valence-electron chi connectivity index (χ2n) is 6.97. The Balaban J connectivity index is 1.58. The van der Waals surface area contributed by atoms with Crippen molar-refractivity contribution in [2.75, 3.05) is 5.32 Å². The van der Waals surface area contributed by atoms with E-state index in [1.165, 1.54) is 0 Å². The number of nitrogens with zero attached hydrogens (tertiary/aromatic N) is 2. The number of carbonyl (C=O) groups is 1. The highest BCUT2D eigenvalue weighted by atomic mass is 19.4. The number of amides is 1. The van der Waals surface area contributed by atoms with Crippen molar-refractivity contribution in [3.63, 3.8) is 0 Å². The van der Waals surface area contributed by atoms with Crippen LogP contribution in [0.25, 0.3) is 0 Å². The molecule has 1 aromatic carbocycles. The topological polar surface area (TPSA) is 46.9 Å². The second-order valence-corrected chi connectivity index (χ2v) is 6.97. The molecule has 0 atom stereocenters. The minimum Gasteiger partial charge on any atom is -0.310 e. The van der Waals surface area contributed by atoms with Gasteiger partial charge >= 0.3 is 6.18 Å². The molecule has 1 amide bonds. The molecule has 0 bridgehead atoms. The molecule has 1 aromatic heterocycles. The lowest BCUT2D eigenvalue weighted by Crippen LogP contribution is -2.31. The summed E-state index contributed by atoms with van der Waals surface area (Å²) < 4.78 is 54.3. The summed E-state index contributed by atoms with van der Waals surface area (Å²) in [5.74, 6) is -0.865. The van der Waals surface area contributed by atoms with E-state index in [1.54, 1.807) is 16.9 Å². The zero-order chi connectivity index (χ0) is 18.5. The highest BCUT2D eigenvalue weighted by Gasteiger charge is 2.53. The van der Waals surface area contributed by atoms with Crippen molar-refractivity contribution in [3.8, 4) is 0 Å². The Morgan fingerprint density at radius 3 is 2.50 bits per heavy atom. The molecule has 1 N–H and O–H groups in total. The molecule has 4 rings (SSSR count). The summed E-state index contributed by atoms with van der Waals surface area (Å²) in [6.07, 6.45) is 0.863. The van der Waals surface area contributed by atoms with E-state index < -0.39 is 28.9 Å². The molecule has 2 aliphatic rings. The van der Waals surface area contributed by atoms with Crippen LogP contribution < -0.4 is 5.32 Å². The summed E-state index contributed by atoms with van der Waals surface area (Å²) in [7, 11) is 0. The highest BCUT2D eigenvalue weighted by molar-refractivity contribution is 6.01. The number of hydrogen-bond donors (Lipinski definition) is 1. The number of nitrogens with one attached hydrogen (secondary N) is 1. The minimum atomic E-state index is -4.62. The molecule has 2 saturated carbocycles. The van der Waals surface area contributed by atoms with E-state index in [4.69, 9.17) is 0 Å². The fourth-order valence-corrected chi connectivity index (χ4v) is 3.39. The van der Waals surface area contributed by atoms with Crippen LogP contribution in [-0.4, -0.2) is 15.7 Å². The van der Waals surface area contributed by atoms with Crippen molar-refractivity contribution in [1.29, 1.82) is 0 Å². The molecule has 0 radical (unpaired) electrons. The molecular weight excluding hydrogens is 350 g/mol. The number of carbonyl (C=O) groups excluding carboxylic acids is 1. The van der Waals surface area contributed by atoms with Gasteiger partial charge in [-0.2, -0.15) is 18.3 Å². The van der Waals surface area contributed by atoms with E-state index in [-0.39, 0.29) is 11.6 Å². The summed E-state index contributed by atoms with van der Waals surface area (Å²) in [6, 6.07) is 4.29. The third-order valence-electron chi connectivity index (χ3n) is 5.33. The maximum absolute atomic E-state index is 14.3. The first-order chi connectivity index (χ1) is 12.3. The average molecular weight is 367 g/mol. The Labute approximate surface area is 147 Å². The molecule has 0 aliphatic heterocycles. The van der Waals surface area contributed by atoms with Gasteiger partial charge in [0.25, 0.3) is 0 Å². The standard InChI is InChI=1S/C18H17F4N3O/c19-14-10-11(18(20,21)22)4-5-13(14)17(7-8-17)16(26)24-15-6-9-23-25(15)12-2-1-3-12/h4-6,9-10,12H,1-3,7-8H2,(H,24,26). The fraction of sp³-hybridized carbons (Fsp3) is 0.444. The van der Waals surface area contributed by atoms with E-state index in [0.29, 0.717) is 24.7 Å². The Kier molecular flexibility index (Phi) is 3.82. The van der Waals surface area contributed by atoms with Crippen LogP contribution in [-0.2, 0) is 16.4 Å². The van der Waals surface area contributed by atoms with Gasteiger partial charge in [0, 0.05) is 11.6 Å². The molecule has 1 heterocycles. The number of alkyl halides is 3. The molecule has 8 heteroatoms. The van der Waals surface area contributed by atoms with Gasteiger partial charge in [0.15, 0.2) is 0 Å². The number of rotatable bonds is 4. The molecule has 4 nitrogen and oxygen atoms in total. The van der Waals surface area contributed by atoms with E-state index >= 15 is 0 Å². The zero-order valence-corrected chi connectivity index (χ0v) is 13.8. The molecule has 2 aromatic rings. The molecule has 2 fully saturated rings. The van der Waals surface area contributed by atoms with Crippen LogP contribution in [0.2, 0.25) is 0 Å². The van der Waals surface area contributed by atoms with Gasteiger partial charge in [-0.1, -0.05) is 6.07 Å². The van der Waals surface area contributed by atoms with Gasteiger partial charge in [-0.05, 0) is 44.2 Å². The smallest absolute Gasteiger partial charge is 0.310 e. The van der Waals surface area contributed by atoms with Gasteiger partial charge in [-0.3, -0.25) is 4.79 Å². The minimum absolute atomic E-state index is 0.0118. The predicted octanol–water partition coefficient (Wildman–Crippen LogP) is 4.44.